The highest BCUT2D eigenvalue weighted by Gasteiger charge is 2.51. The van der Waals surface area contributed by atoms with E-state index in [9.17, 15) is 22.8 Å². The van der Waals surface area contributed by atoms with Crippen molar-refractivity contribution in [2.75, 3.05) is 0 Å². The number of carbonyl (C=O) groups excluding carboxylic acids is 2. The Morgan fingerprint density at radius 2 is 1.68 bits per heavy atom. The molecule has 3 nitrogen and oxygen atoms in total. The molecule has 3 aromatic carbocycles. The van der Waals surface area contributed by atoms with E-state index in [0.29, 0.717) is 40.0 Å². The summed E-state index contributed by atoms with van der Waals surface area (Å²) < 4.78 is 42.0. The normalized spacial score (nSPS) is 15.2. The van der Waals surface area contributed by atoms with Crippen molar-refractivity contribution in [1.82, 2.24) is 5.32 Å². The first kappa shape index (κ1) is 30.9. The van der Waals surface area contributed by atoms with Gasteiger partial charge in [-0.1, -0.05) is 92.7 Å². The van der Waals surface area contributed by atoms with Crippen LogP contribution in [-0.4, -0.2) is 17.9 Å². The van der Waals surface area contributed by atoms with Crippen LogP contribution >= 0.6 is 62.3 Å². The summed E-state index contributed by atoms with van der Waals surface area (Å²) in [5.41, 5.74) is 0.704. The maximum absolute atomic E-state index is 13.9. The molecule has 1 N–H and O–H groups in total. The van der Waals surface area contributed by atoms with Crippen molar-refractivity contribution in [3.05, 3.63) is 107 Å². The quantitative estimate of drug-likeness (QED) is 0.179. The van der Waals surface area contributed by atoms with Gasteiger partial charge in [0.1, 0.15) is 0 Å². The molecule has 1 fully saturated rings. The number of rotatable bonds is 9. The SMILES string of the molecule is O=C(CC1(C(=O)NCc2cccc(Cl)c2)CC1)c1ccc(/C=C/C(c2cc(Cl)c(Cl)c(Cl)c2)C(F)(F)F)cc1Br. The number of amides is 1. The van der Waals surface area contributed by atoms with Gasteiger partial charge in [0, 0.05) is 28.0 Å². The van der Waals surface area contributed by atoms with Gasteiger partial charge in [0.2, 0.25) is 5.91 Å². The highest BCUT2D eigenvalue weighted by Crippen LogP contribution is 2.50. The molecule has 1 unspecified atom stereocenters. The third-order valence-corrected chi connectivity index (χ3v) is 8.76. The van der Waals surface area contributed by atoms with Crippen molar-refractivity contribution < 1.29 is 22.8 Å². The summed E-state index contributed by atoms with van der Waals surface area (Å²) in [6, 6.07) is 14.0. The number of Topliss-reactive ketones (excluding diaryl/α,β-unsaturated/α-hetero) is 1. The van der Waals surface area contributed by atoms with Crippen molar-refractivity contribution in [3.63, 3.8) is 0 Å². The average molecular weight is 694 g/mol. The topological polar surface area (TPSA) is 46.2 Å². The van der Waals surface area contributed by atoms with Crippen LogP contribution in [0.25, 0.3) is 6.08 Å². The Morgan fingerprint density at radius 3 is 2.25 bits per heavy atom. The van der Waals surface area contributed by atoms with E-state index in [-0.39, 0.29) is 38.7 Å². The van der Waals surface area contributed by atoms with Crippen LogP contribution in [0.15, 0.2) is 65.1 Å². The molecule has 0 bridgehead atoms. The maximum Gasteiger partial charge on any atom is 0.399 e. The molecule has 3 aromatic rings. The Hall–Kier alpha value is -2.03. The zero-order chi connectivity index (χ0) is 29.2. The van der Waals surface area contributed by atoms with Crippen LogP contribution in [0.2, 0.25) is 20.1 Å². The highest BCUT2D eigenvalue weighted by atomic mass is 79.9. The molecule has 0 aliphatic heterocycles. The molecule has 40 heavy (non-hydrogen) atoms. The summed E-state index contributed by atoms with van der Waals surface area (Å²) in [6.07, 6.45) is -1.11. The lowest BCUT2D eigenvalue weighted by Gasteiger charge is -2.18. The number of benzene rings is 3. The molecule has 0 spiro atoms. The second kappa shape index (κ2) is 12.5. The third-order valence-electron chi connectivity index (χ3n) is 6.67. The Labute approximate surface area is 257 Å². The molecular weight excluding hydrogens is 673 g/mol. The van der Waals surface area contributed by atoms with E-state index < -0.39 is 17.5 Å². The Morgan fingerprint density at radius 1 is 1.00 bits per heavy atom. The standard InChI is InChI=1S/C29H21BrCl4F3NO2/c30-22-11-16(5-7-21(29(35,36)37)18-12-23(32)26(34)24(33)13-18)4-6-20(22)25(39)14-28(8-9-28)27(40)38-15-17-2-1-3-19(31)10-17/h1-7,10-13,21H,8-9,14-15H2,(H,38,40)/b7-5+. The zero-order valence-electron chi connectivity index (χ0n) is 20.6. The number of nitrogens with one attached hydrogen (secondary N) is 1. The van der Waals surface area contributed by atoms with Gasteiger partial charge in [0.25, 0.3) is 0 Å². The predicted octanol–water partition coefficient (Wildman–Crippen LogP) is 10.1. The third kappa shape index (κ3) is 7.42. The molecule has 0 heterocycles. The molecule has 0 aromatic heterocycles. The van der Waals surface area contributed by atoms with Gasteiger partial charge in [-0.3, -0.25) is 9.59 Å². The molecule has 4 rings (SSSR count). The van der Waals surface area contributed by atoms with E-state index in [4.69, 9.17) is 46.4 Å². The minimum Gasteiger partial charge on any atom is -0.352 e. The minimum atomic E-state index is -4.62. The smallest absolute Gasteiger partial charge is 0.352 e. The second-order valence-corrected chi connectivity index (χ2v) is 12.1. The molecule has 1 aliphatic rings. The number of halogens is 8. The molecule has 1 aliphatic carbocycles. The van der Waals surface area contributed by atoms with E-state index in [2.05, 4.69) is 21.2 Å². The van der Waals surface area contributed by atoms with Gasteiger partial charge in [-0.25, -0.2) is 0 Å². The number of ketones is 1. The largest absolute Gasteiger partial charge is 0.399 e. The van der Waals surface area contributed by atoms with Gasteiger partial charge in [-0.15, -0.1) is 0 Å². The zero-order valence-corrected chi connectivity index (χ0v) is 25.2. The van der Waals surface area contributed by atoms with Crippen molar-refractivity contribution >= 4 is 80.1 Å². The van der Waals surface area contributed by atoms with Crippen LogP contribution in [0.4, 0.5) is 13.2 Å². The lowest BCUT2D eigenvalue weighted by Crippen LogP contribution is -2.33. The van der Waals surface area contributed by atoms with Crippen LogP contribution in [0, 0.1) is 5.41 Å². The summed E-state index contributed by atoms with van der Waals surface area (Å²) in [6.45, 7) is 0.299. The van der Waals surface area contributed by atoms with Crippen LogP contribution in [0.5, 0.6) is 0 Å². The number of hydrogen-bond donors (Lipinski definition) is 1. The van der Waals surface area contributed by atoms with Crippen LogP contribution in [-0.2, 0) is 11.3 Å². The molecule has 0 radical (unpaired) electrons. The lowest BCUT2D eigenvalue weighted by atomic mass is 9.93. The van der Waals surface area contributed by atoms with Crippen molar-refractivity contribution in [2.45, 2.75) is 37.9 Å². The summed E-state index contributed by atoms with van der Waals surface area (Å²) in [5.74, 6) is -2.42. The van der Waals surface area contributed by atoms with E-state index in [1.165, 1.54) is 12.1 Å². The molecule has 1 saturated carbocycles. The molecule has 0 saturated heterocycles. The van der Waals surface area contributed by atoms with Crippen molar-refractivity contribution in [2.24, 2.45) is 5.41 Å². The van der Waals surface area contributed by atoms with E-state index in [1.54, 1.807) is 30.3 Å². The number of alkyl halides is 3. The van der Waals surface area contributed by atoms with E-state index >= 15 is 0 Å². The van der Waals surface area contributed by atoms with Gasteiger partial charge in [-0.2, -0.15) is 13.2 Å². The maximum atomic E-state index is 13.9. The molecule has 210 valence electrons. The molecule has 1 amide bonds. The van der Waals surface area contributed by atoms with E-state index in [1.807, 2.05) is 6.07 Å². The summed E-state index contributed by atoms with van der Waals surface area (Å²) >= 11 is 27.1. The second-order valence-electron chi connectivity index (χ2n) is 9.61. The van der Waals surface area contributed by atoms with Crippen molar-refractivity contribution in [1.29, 1.82) is 0 Å². The average Bonchev–Trinajstić information content (AvgIpc) is 3.65. The monoisotopic (exact) mass is 691 g/mol. The minimum absolute atomic E-state index is 0.0206. The first-order chi connectivity index (χ1) is 18.8. The van der Waals surface area contributed by atoms with Gasteiger partial charge in [0.05, 0.1) is 26.4 Å². The first-order valence-corrected chi connectivity index (χ1v) is 14.3. The molecule has 1 atom stereocenters. The summed E-state index contributed by atoms with van der Waals surface area (Å²) in [7, 11) is 0. The number of hydrogen-bond acceptors (Lipinski definition) is 2. The summed E-state index contributed by atoms with van der Waals surface area (Å²) in [5, 5.41) is 3.27. The fraction of sp³-hybridized carbons (Fsp3) is 0.241. The Bertz CT molecular complexity index is 1470. The predicted molar refractivity (Wildman–Crippen MR) is 157 cm³/mol. The van der Waals surface area contributed by atoms with Gasteiger partial charge in [-0.05, 0) is 65.9 Å². The van der Waals surface area contributed by atoms with Gasteiger partial charge < -0.3 is 5.32 Å². The van der Waals surface area contributed by atoms with Crippen LogP contribution < -0.4 is 5.32 Å². The van der Waals surface area contributed by atoms with Crippen LogP contribution in [0.1, 0.15) is 52.2 Å². The summed E-state index contributed by atoms with van der Waals surface area (Å²) in [4.78, 5) is 26.0. The van der Waals surface area contributed by atoms with E-state index in [0.717, 1.165) is 23.8 Å². The number of carbonyl (C=O) groups is 2. The first-order valence-electron chi connectivity index (χ1n) is 12.0. The molecule has 11 heteroatoms. The Balaban J connectivity index is 1.45. The Kier molecular flexibility index (Phi) is 9.63. The fourth-order valence-electron chi connectivity index (χ4n) is 4.29. The lowest BCUT2D eigenvalue weighted by molar-refractivity contribution is -0.139. The highest BCUT2D eigenvalue weighted by molar-refractivity contribution is 9.10. The molecular formula is C29H21BrCl4F3NO2. The van der Waals surface area contributed by atoms with Gasteiger partial charge >= 0.3 is 6.18 Å². The van der Waals surface area contributed by atoms with Crippen LogP contribution in [0.3, 0.4) is 0 Å². The van der Waals surface area contributed by atoms with Gasteiger partial charge in [0.15, 0.2) is 5.78 Å². The number of allylic oxidation sites excluding steroid dienone is 1. The van der Waals surface area contributed by atoms with Crippen molar-refractivity contribution in [3.8, 4) is 0 Å². The fourth-order valence-corrected chi connectivity index (χ4v) is 5.73.